The third-order valence-corrected chi connectivity index (χ3v) is 2.47. The Morgan fingerprint density at radius 3 is 3.07 bits per heavy atom. The lowest BCUT2D eigenvalue weighted by molar-refractivity contribution is 0.275. The van der Waals surface area contributed by atoms with E-state index in [1.807, 2.05) is 24.3 Å². The van der Waals surface area contributed by atoms with Crippen LogP contribution in [-0.4, -0.2) is 12.3 Å². The van der Waals surface area contributed by atoms with Gasteiger partial charge in [0, 0.05) is 12.0 Å². The van der Waals surface area contributed by atoms with Crippen LogP contribution in [-0.2, 0) is 0 Å². The molecule has 1 aromatic carbocycles. The number of nitrogens with two attached hydrogens (primary N) is 1. The highest BCUT2D eigenvalue weighted by Gasteiger charge is 2.26. The summed E-state index contributed by atoms with van der Waals surface area (Å²) in [5.74, 6) is 6.13. The Labute approximate surface area is 88.0 Å². The molecule has 1 heterocycles. The van der Waals surface area contributed by atoms with Gasteiger partial charge in [-0.3, -0.25) is 0 Å². The molecular weight excluding hydrogens is 190 g/mol. The molecule has 0 bridgehead atoms. The Bertz CT molecular complexity index is 434. The predicted octanol–water partition coefficient (Wildman–Crippen LogP) is 1.27. The molecule has 0 aromatic heterocycles. The minimum absolute atomic E-state index is 0.0186. The molecule has 1 aromatic rings. The van der Waals surface area contributed by atoms with E-state index in [1.54, 1.807) is 0 Å². The molecule has 0 amide bonds. The molecule has 1 atom stereocenters. The molecule has 0 saturated carbocycles. The van der Waals surface area contributed by atoms with Gasteiger partial charge in [0.25, 0.3) is 0 Å². The van der Waals surface area contributed by atoms with Crippen LogP contribution in [0.3, 0.4) is 0 Å². The van der Waals surface area contributed by atoms with Crippen LogP contribution in [0.5, 0.6) is 5.75 Å². The van der Waals surface area contributed by atoms with Gasteiger partial charge in [0.2, 0.25) is 0 Å². The smallest absolute Gasteiger partial charge is 0.128 e. The van der Waals surface area contributed by atoms with Crippen LogP contribution in [0.2, 0.25) is 0 Å². The van der Waals surface area contributed by atoms with Crippen molar-refractivity contribution in [2.75, 3.05) is 6.61 Å². The number of fused-ring (bicyclic) bond motifs is 1. The number of nitriles is 1. The number of ether oxygens (including phenoxy) is 1. The Balaban J connectivity index is 2.40. The second kappa shape index (κ2) is 4.01. The molecular formula is C11H11N3O. The fraction of sp³-hybridized carbons (Fsp3) is 0.273. The zero-order valence-electron chi connectivity index (χ0n) is 8.18. The maximum atomic E-state index is 8.68. The fourth-order valence-electron chi connectivity index (χ4n) is 1.73. The molecule has 0 aliphatic carbocycles. The Kier molecular flexibility index (Phi) is 2.55. The summed E-state index contributed by atoms with van der Waals surface area (Å²) < 4.78 is 5.53. The summed E-state index contributed by atoms with van der Waals surface area (Å²) in [7, 11) is 0. The molecule has 0 spiro atoms. The maximum absolute atomic E-state index is 8.68. The molecule has 0 saturated heterocycles. The summed E-state index contributed by atoms with van der Waals surface area (Å²) >= 11 is 0. The number of hydrogen-bond acceptors (Lipinski definition) is 4. The highest BCUT2D eigenvalue weighted by molar-refractivity contribution is 6.05. The van der Waals surface area contributed by atoms with Crippen LogP contribution < -0.4 is 10.6 Å². The molecule has 0 fully saturated rings. The standard InChI is InChI=1S/C11H11N3O/c12-6-5-8-7-15-10-4-2-1-3-9(10)11(8)14-13/h1-4,8H,5,7,13H2. The molecule has 4 heteroatoms. The molecule has 15 heavy (non-hydrogen) atoms. The monoisotopic (exact) mass is 201 g/mol. The number of nitrogens with zero attached hydrogens (tertiary/aromatic N) is 2. The van der Waals surface area contributed by atoms with Gasteiger partial charge >= 0.3 is 0 Å². The Morgan fingerprint density at radius 1 is 1.53 bits per heavy atom. The number of hydrogen-bond donors (Lipinski definition) is 1. The normalized spacial score (nSPS) is 21.5. The van der Waals surface area contributed by atoms with E-state index in [0.29, 0.717) is 13.0 Å². The van der Waals surface area contributed by atoms with Crippen molar-refractivity contribution in [3.05, 3.63) is 29.8 Å². The first-order chi connectivity index (χ1) is 7.36. The van der Waals surface area contributed by atoms with Gasteiger partial charge in [-0.15, -0.1) is 0 Å². The SMILES string of the molecule is N#CCC1COc2ccccc2C1=NN. The molecule has 2 rings (SSSR count). The van der Waals surface area contributed by atoms with Crippen molar-refractivity contribution in [1.29, 1.82) is 5.26 Å². The molecule has 76 valence electrons. The van der Waals surface area contributed by atoms with Gasteiger partial charge in [-0.2, -0.15) is 10.4 Å². The van der Waals surface area contributed by atoms with E-state index < -0.39 is 0 Å². The van der Waals surface area contributed by atoms with Gasteiger partial charge in [0.1, 0.15) is 5.75 Å². The maximum Gasteiger partial charge on any atom is 0.128 e. The van der Waals surface area contributed by atoms with Crippen LogP contribution >= 0.6 is 0 Å². The zero-order chi connectivity index (χ0) is 10.7. The van der Waals surface area contributed by atoms with Crippen LogP contribution in [0.15, 0.2) is 29.4 Å². The quantitative estimate of drug-likeness (QED) is 0.549. The van der Waals surface area contributed by atoms with Gasteiger partial charge in [0.05, 0.1) is 24.3 Å². The van der Waals surface area contributed by atoms with Crippen LogP contribution in [0.4, 0.5) is 0 Å². The van der Waals surface area contributed by atoms with Crippen molar-refractivity contribution >= 4 is 5.71 Å². The summed E-state index contributed by atoms with van der Waals surface area (Å²) in [6.07, 6.45) is 0.379. The first-order valence-electron chi connectivity index (χ1n) is 4.73. The highest BCUT2D eigenvalue weighted by atomic mass is 16.5. The van der Waals surface area contributed by atoms with Crippen molar-refractivity contribution < 1.29 is 4.74 Å². The van der Waals surface area contributed by atoms with E-state index in [2.05, 4.69) is 11.2 Å². The van der Waals surface area contributed by atoms with Crippen LogP contribution in [0, 0.1) is 17.2 Å². The third-order valence-electron chi connectivity index (χ3n) is 2.47. The second-order valence-corrected chi connectivity index (χ2v) is 3.38. The van der Waals surface area contributed by atoms with E-state index >= 15 is 0 Å². The van der Waals surface area contributed by atoms with Gasteiger partial charge in [-0.1, -0.05) is 12.1 Å². The predicted molar refractivity (Wildman–Crippen MR) is 56.4 cm³/mol. The number of para-hydroxylation sites is 1. The van der Waals surface area contributed by atoms with E-state index in [0.717, 1.165) is 17.0 Å². The minimum Gasteiger partial charge on any atom is -0.492 e. The lowest BCUT2D eigenvalue weighted by atomic mass is 9.92. The average molecular weight is 201 g/mol. The van der Waals surface area contributed by atoms with Crippen LogP contribution in [0.25, 0.3) is 0 Å². The highest BCUT2D eigenvalue weighted by Crippen LogP contribution is 2.28. The van der Waals surface area contributed by atoms with Crippen molar-refractivity contribution in [3.8, 4) is 11.8 Å². The van der Waals surface area contributed by atoms with Crippen molar-refractivity contribution in [1.82, 2.24) is 0 Å². The number of benzene rings is 1. The van der Waals surface area contributed by atoms with Gasteiger partial charge in [-0.05, 0) is 12.1 Å². The topological polar surface area (TPSA) is 71.4 Å². The lowest BCUT2D eigenvalue weighted by Gasteiger charge is -2.24. The molecule has 1 unspecified atom stereocenters. The largest absolute Gasteiger partial charge is 0.492 e. The van der Waals surface area contributed by atoms with Gasteiger partial charge in [0.15, 0.2) is 0 Å². The summed E-state index contributed by atoms with van der Waals surface area (Å²) in [5.41, 5.74) is 1.66. The summed E-state index contributed by atoms with van der Waals surface area (Å²) in [5, 5.41) is 12.5. The van der Waals surface area contributed by atoms with Crippen molar-refractivity contribution in [2.24, 2.45) is 16.9 Å². The molecule has 4 nitrogen and oxygen atoms in total. The second-order valence-electron chi connectivity index (χ2n) is 3.38. The first kappa shape index (κ1) is 9.53. The fourth-order valence-corrected chi connectivity index (χ4v) is 1.73. The van der Waals surface area contributed by atoms with Crippen LogP contribution in [0.1, 0.15) is 12.0 Å². The molecule has 1 aliphatic heterocycles. The average Bonchev–Trinajstić information content (AvgIpc) is 2.29. The number of hydrazone groups is 1. The van der Waals surface area contributed by atoms with Gasteiger partial charge in [-0.25, -0.2) is 0 Å². The van der Waals surface area contributed by atoms with E-state index in [4.69, 9.17) is 15.8 Å². The Morgan fingerprint density at radius 2 is 2.33 bits per heavy atom. The zero-order valence-corrected chi connectivity index (χ0v) is 8.18. The minimum atomic E-state index is -0.0186. The first-order valence-corrected chi connectivity index (χ1v) is 4.73. The molecule has 0 radical (unpaired) electrons. The van der Waals surface area contributed by atoms with Crippen molar-refractivity contribution in [3.63, 3.8) is 0 Å². The summed E-state index contributed by atoms with van der Waals surface area (Å²) in [6, 6.07) is 9.71. The lowest BCUT2D eigenvalue weighted by Crippen LogP contribution is -2.29. The summed E-state index contributed by atoms with van der Waals surface area (Å²) in [4.78, 5) is 0. The summed E-state index contributed by atoms with van der Waals surface area (Å²) in [6.45, 7) is 0.473. The molecule has 1 aliphatic rings. The van der Waals surface area contributed by atoms with E-state index in [1.165, 1.54) is 0 Å². The Hall–Kier alpha value is -2.02. The van der Waals surface area contributed by atoms with Crippen molar-refractivity contribution in [2.45, 2.75) is 6.42 Å². The van der Waals surface area contributed by atoms with E-state index in [9.17, 15) is 0 Å². The number of rotatable bonds is 1. The van der Waals surface area contributed by atoms with E-state index in [-0.39, 0.29) is 5.92 Å². The third kappa shape index (κ3) is 1.64. The molecule has 2 N–H and O–H groups in total. The van der Waals surface area contributed by atoms with Gasteiger partial charge < -0.3 is 10.6 Å².